The molecule has 0 saturated heterocycles. The highest BCUT2D eigenvalue weighted by Gasteiger charge is 2.24. The number of ketones is 1. The van der Waals surface area contributed by atoms with E-state index in [2.05, 4.69) is 0 Å². The van der Waals surface area contributed by atoms with Crippen molar-refractivity contribution >= 4 is 23.4 Å². The molecule has 0 aliphatic heterocycles. The van der Waals surface area contributed by atoms with E-state index in [1.54, 1.807) is 18.2 Å². The van der Waals surface area contributed by atoms with Crippen molar-refractivity contribution in [2.45, 2.75) is 32.3 Å². The molecular weight excluding hydrogens is 412 g/mol. The van der Waals surface area contributed by atoms with E-state index < -0.39 is 5.92 Å². The predicted molar refractivity (Wildman–Crippen MR) is 122 cm³/mol. The number of hydrogen-bond donors (Lipinski definition) is 0. The average Bonchev–Trinajstić information content (AvgIpc) is 2.79. The van der Waals surface area contributed by atoms with Gasteiger partial charge in [0.05, 0.1) is 7.11 Å². The minimum atomic E-state index is -0.438. The third-order valence-electron chi connectivity index (χ3n) is 5.18. The summed E-state index contributed by atoms with van der Waals surface area (Å²) in [7, 11) is 1.36. The van der Waals surface area contributed by atoms with Crippen LogP contribution in [0, 0.1) is 6.92 Å². The molecule has 0 saturated carbocycles. The topological polar surface area (TPSA) is 52.6 Å². The van der Waals surface area contributed by atoms with Gasteiger partial charge in [-0.1, -0.05) is 60.1 Å². The fourth-order valence-electron chi connectivity index (χ4n) is 3.46. The van der Waals surface area contributed by atoms with E-state index in [0.29, 0.717) is 29.4 Å². The second-order valence-corrected chi connectivity index (χ2v) is 7.77. The van der Waals surface area contributed by atoms with Crippen LogP contribution in [0.2, 0.25) is 5.02 Å². The number of rotatable bonds is 9. The molecule has 0 N–H and O–H groups in total. The maximum absolute atomic E-state index is 13.4. The maximum atomic E-state index is 13.4. The average molecular weight is 437 g/mol. The summed E-state index contributed by atoms with van der Waals surface area (Å²) in [5, 5.41) is 0.672. The molecule has 0 amide bonds. The second-order valence-electron chi connectivity index (χ2n) is 7.33. The van der Waals surface area contributed by atoms with E-state index in [9.17, 15) is 9.59 Å². The number of ether oxygens (including phenoxy) is 2. The lowest BCUT2D eigenvalue weighted by Crippen LogP contribution is -2.16. The summed E-state index contributed by atoms with van der Waals surface area (Å²) in [5.74, 6) is -0.203. The number of halogens is 1. The summed E-state index contributed by atoms with van der Waals surface area (Å²) < 4.78 is 10.7. The lowest BCUT2D eigenvalue weighted by molar-refractivity contribution is -0.140. The van der Waals surface area contributed by atoms with E-state index in [1.807, 2.05) is 61.5 Å². The van der Waals surface area contributed by atoms with Crippen LogP contribution in [0.5, 0.6) is 5.75 Å². The van der Waals surface area contributed by atoms with E-state index >= 15 is 0 Å². The van der Waals surface area contributed by atoms with Crippen LogP contribution in [0.25, 0.3) is 0 Å². The smallest absolute Gasteiger partial charge is 0.305 e. The van der Waals surface area contributed by atoms with Crippen LogP contribution in [0.4, 0.5) is 0 Å². The Bertz CT molecular complexity index is 1040. The van der Waals surface area contributed by atoms with Crippen LogP contribution in [0.3, 0.4) is 0 Å². The quantitative estimate of drug-likeness (QED) is 0.298. The van der Waals surface area contributed by atoms with Crippen LogP contribution in [-0.4, -0.2) is 18.9 Å². The van der Waals surface area contributed by atoms with E-state index in [4.69, 9.17) is 21.1 Å². The molecule has 5 heteroatoms. The largest absolute Gasteiger partial charge is 0.489 e. The zero-order valence-corrected chi connectivity index (χ0v) is 18.4. The third kappa shape index (κ3) is 6.19. The molecule has 0 aromatic heterocycles. The van der Waals surface area contributed by atoms with E-state index in [0.717, 1.165) is 16.7 Å². The number of carbonyl (C=O) groups is 2. The predicted octanol–water partition coefficient (Wildman–Crippen LogP) is 6.15. The summed E-state index contributed by atoms with van der Waals surface area (Å²) in [5.41, 5.74) is 3.47. The number of carbonyl (C=O) groups excluding carboxylic acids is 2. The minimum absolute atomic E-state index is 0.0462. The molecular formula is C26H25ClO4. The molecule has 0 fully saturated rings. The minimum Gasteiger partial charge on any atom is -0.489 e. The summed E-state index contributed by atoms with van der Waals surface area (Å²) in [4.78, 5) is 25.2. The van der Waals surface area contributed by atoms with Gasteiger partial charge >= 0.3 is 5.97 Å². The van der Waals surface area contributed by atoms with E-state index in [1.165, 1.54) is 7.11 Å². The molecule has 1 unspecified atom stereocenters. The molecule has 4 nitrogen and oxygen atoms in total. The summed E-state index contributed by atoms with van der Waals surface area (Å²) >= 11 is 5.92. The van der Waals surface area contributed by atoms with Gasteiger partial charge in [-0.2, -0.15) is 0 Å². The van der Waals surface area contributed by atoms with Crippen LogP contribution in [0.1, 0.15) is 45.8 Å². The molecule has 0 bridgehead atoms. The Morgan fingerprint density at radius 2 is 1.71 bits per heavy atom. The number of esters is 1. The van der Waals surface area contributed by atoms with Crippen molar-refractivity contribution in [3.63, 3.8) is 0 Å². The summed E-state index contributed by atoms with van der Waals surface area (Å²) in [6.07, 6.45) is 0.556. The first kappa shape index (κ1) is 22.6. The third-order valence-corrected chi connectivity index (χ3v) is 5.43. The van der Waals surface area contributed by atoms with Crippen LogP contribution in [-0.2, 0) is 16.1 Å². The van der Waals surface area contributed by atoms with Crippen molar-refractivity contribution in [1.29, 1.82) is 0 Å². The highest BCUT2D eigenvalue weighted by atomic mass is 35.5. The van der Waals surface area contributed by atoms with Crippen LogP contribution >= 0.6 is 11.6 Å². The molecule has 0 aliphatic carbocycles. The van der Waals surface area contributed by atoms with Gasteiger partial charge in [0, 0.05) is 22.9 Å². The Labute approximate surface area is 187 Å². The van der Waals surface area contributed by atoms with Crippen molar-refractivity contribution in [2.24, 2.45) is 0 Å². The maximum Gasteiger partial charge on any atom is 0.305 e. The molecule has 3 aromatic rings. The Morgan fingerprint density at radius 3 is 2.42 bits per heavy atom. The SMILES string of the molecule is COC(=O)CCC(C(=O)c1cccc(OCc2ccc(Cl)cc2)c1)c1ccccc1C. The Balaban J connectivity index is 1.80. The van der Waals surface area contributed by atoms with Crippen LogP contribution < -0.4 is 4.74 Å². The van der Waals surface area contributed by atoms with Gasteiger partial charge in [-0.05, 0) is 54.3 Å². The highest BCUT2D eigenvalue weighted by Crippen LogP contribution is 2.30. The summed E-state index contributed by atoms with van der Waals surface area (Å²) in [6, 6.07) is 22.3. The van der Waals surface area contributed by atoms with Crippen molar-refractivity contribution < 1.29 is 19.1 Å². The monoisotopic (exact) mass is 436 g/mol. The van der Waals surface area contributed by atoms with Gasteiger partial charge in [0.1, 0.15) is 12.4 Å². The van der Waals surface area contributed by atoms with Gasteiger partial charge in [-0.15, -0.1) is 0 Å². The Kier molecular flexibility index (Phi) is 7.85. The zero-order chi connectivity index (χ0) is 22.2. The molecule has 0 heterocycles. The lowest BCUT2D eigenvalue weighted by atomic mass is 9.85. The molecule has 0 aliphatic rings. The second kappa shape index (κ2) is 10.8. The molecule has 0 spiro atoms. The van der Waals surface area contributed by atoms with E-state index in [-0.39, 0.29) is 18.2 Å². The van der Waals surface area contributed by atoms with Gasteiger partial charge in [-0.3, -0.25) is 9.59 Å². The fraction of sp³-hybridized carbons (Fsp3) is 0.231. The number of methoxy groups -OCH3 is 1. The fourth-order valence-corrected chi connectivity index (χ4v) is 3.58. The van der Waals surface area contributed by atoms with Gasteiger partial charge in [0.15, 0.2) is 5.78 Å². The normalized spacial score (nSPS) is 11.6. The Morgan fingerprint density at radius 1 is 0.968 bits per heavy atom. The number of hydrogen-bond acceptors (Lipinski definition) is 4. The zero-order valence-electron chi connectivity index (χ0n) is 17.6. The molecule has 3 rings (SSSR count). The molecule has 3 aromatic carbocycles. The number of aryl methyl sites for hydroxylation is 1. The van der Waals surface area contributed by atoms with Gasteiger partial charge in [0.25, 0.3) is 0 Å². The first-order chi connectivity index (χ1) is 15.0. The van der Waals surface area contributed by atoms with Crippen LogP contribution in [0.15, 0.2) is 72.8 Å². The Hall–Kier alpha value is -3.11. The van der Waals surface area contributed by atoms with Gasteiger partial charge in [0.2, 0.25) is 0 Å². The molecule has 0 radical (unpaired) electrons. The molecule has 160 valence electrons. The molecule has 31 heavy (non-hydrogen) atoms. The van der Waals surface area contributed by atoms with Gasteiger partial charge < -0.3 is 9.47 Å². The van der Waals surface area contributed by atoms with Crippen molar-refractivity contribution in [3.05, 3.63) is 100 Å². The first-order valence-corrected chi connectivity index (χ1v) is 10.5. The number of Topliss-reactive ketones (excluding diaryl/α,β-unsaturated/α-hetero) is 1. The standard InChI is InChI=1S/C26H25ClO4/c1-18-6-3-4-9-23(18)24(14-15-25(28)30-2)26(29)20-7-5-8-22(16-20)31-17-19-10-12-21(27)13-11-19/h3-13,16,24H,14-15,17H2,1-2H3. The highest BCUT2D eigenvalue weighted by molar-refractivity contribution is 6.30. The molecule has 1 atom stereocenters. The first-order valence-electron chi connectivity index (χ1n) is 10.1. The van der Waals surface area contributed by atoms with Crippen molar-refractivity contribution in [1.82, 2.24) is 0 Å². The lowest BCUT2D eigenvalue weighted by Gasteiger charge is -2.18. The number of benzene rings is 3. The summed E-state index contributed by atoms with van der Waals surface area (Å²) in [6.45, 7) is 2.35. The van der Waals surface area contributed by atoms with Crippen molar-refractivity contribution in [2.75, 3.05) is 7.11 Å². The van der Waals surface area contributed by atoms with Gasteiger partial charge in [-0.25, -0.2) is 0 Å². The van der Waals surface area contributed by atoms with Crippen molar-refractivity contribution in [3.8, 4) is 5.75 Å².